The summed E-state index contributed by atoms with van der Waals surface area (Å²) in [6.07, 6.45) is 3.39. The topological polar surface area (TPSA) is 70.4 Å². The number of likely N-dealkylation sites (N-methyl/N-ethyl adjacent to an activating group) is 1. The number of para-hydroxylation sites is 2. The van der Waals surface area contributed by atoms with Gasteiger partial charge in [0.05, 0.1) is 23.3 Å². The van der Waals surface area contributed by atoms with Crippen LogP contribution in [-0.2, 0) is 4.79 Å². The van der Waals surface area contributed by atoms with Crippen LogP contribution in [0.1, 0.15) is 18.1 Å². The number of fused-ring (bicyclic) bond motifs is 1. The fourth-order valence-electron chi connectivity index (χ4n) is 4.62. The summed E-state index contributed by atoms with van der Waals surface area (Å²) in [5.74, 6) is 1.26. The van der Waals surface area contributed by atoms with Gasteiger partial charge in [0.15, 0.2) is 0 Å². The Morgan fingerprint density at radius 3 is 2.50 bits per heavy atom. The van der Waals surface area contributed by atoms with Crippen molar-refractivity contribution in [3.05, 3.63) is 69.0 Å². The van der Waals surface area contributed by atoms with Crippen molar-refractivity contribution >= 4 is 57.4 Å². The number of amides is 1. The summed E-state index contributed by atoms with van der Waals surface area (Å²) in [7, 11) is 1.68. The van der Waals surface area contributed by atoms with Crippen LogP contribution in [0.5, 0.6) is 5.75 Å². The number of rotatable bonds is 5. The molecule has 2 fully saturated rings. The Balaban J connectivity index is 1.55. The molecule has 1 aromatic carbocycles. The second-order valence-corrected chi connectivity index (χ2v) is 10.3. The van der Waals surface area contributed by atoms with Gasteiger partial charge in [-0.05, 0) is 43.7 Å². The number of carbonyl (C=O) groups excluding carboxylic acids is 1. The van der Waals surface area contributed by atoms with Gasteiger partial charge in [-0.1, -0.05) is 42.2 Å². The normalized spacial score (nSPS) is 17.5. The van der Waals surface area contributed by atoms with Crippen LogP contribution in [0.15, 0.2) is 52.3 Å². The number of pyridine rings is 1. The SMILES string of the molecule is CCN1C(=O)C(=Cc2c(N3CCN(c4ccccc4OC)CC3)nc3c(C)cccn3c2=O)SC1=S. The molecule has 0 saturated carbocycles. The molecule has 1 amide bonds. The summed E-state index contributed by atoms with van der Waals surface area (Å²) in [4.78, 5) is 38.0. The van der Waals surface area contributed by atoms with Gasteiger partial charge < -0.3 is 14.5 Å². The molecular weight excluding hydrogens is 494 g/mol. The maximum Gasteiger partial charge on any atom is 0.267 e. The van der Waals surface area contributed by atoms with Gasteiger partial charge in [0.1, 0.15) is 21.5 Å². The molecule has 2 saturated heterocycles. The zero-order valence-corrected chi connectivity index (χ0v) is 22.1. The van der Waals surface area contributed by atoms with Gasteiger partial charge in [-0.25, -0.2) is 4.98 Å². The van der Waals surface area contributed by atoms with Crippen LogP contribution in [0.2, 0.25) is 0 Å². The van der Waals surface area contributed by atoms with Gasteiger partial charge in [0.25, 0.3) is 11.5 Å². The average Bonchev–Trinajstić information content (AvgIpc) is 3.17. The van der Waals surface area contributed by atoms with E-state index in [9.17, 15) is 9.59 Å². The number of hydrogen-bond acceptors (Lipinski definition) is 8. The highest BCUT2D eigenvalue weighted by Gasteiger charge is 2.32. The molecular formula is C26H27N5O3S2. The van der Waals surface area contributed by atoms with Crippen molar-refractivity contribution in [1.29, 1.82) is 0 Å². The highest BCUT2D eigenvalue weighted by atomic mass is 32.2. The highest BCUT2D eigenvalue weighted by molar-refractivity contribution is 8.26. The molecule has 0 spiro atoms. The molecule has 0 atom stereocenters. The summed E-state index contributed by atoms with van der Waals surface area (Å²) in [5, 5.41) is 0. The fourth-order valence-corrected chi connectivity index (χ4v) is 5.99. The Morgan fingerprint density at radius 2 is 1.81 bits per heavy atom. The molecule has 0 bridgehead atoms. The van der Waals surface area contributed by atoms with Crippen LogP contribution in [0.25, 0.3) is 11.7 Å². The predicted molar refractivity (Wildman–Crippen MR) is 149 cm³/mol. The van der Waals surface area contributed by atoms with Gasteiger partial charge in [0, 0.05) is 38.9 Å². The second-order valence-electron chi connectivity index (χ2n) is 8.61. The van der Waals surface area contributed by atoms with Gasteiger partial charge in [-0.2, -0.15) is 0 Å². The van der Waals surface area contributed by atoms with E-state index < -0.39 is 0 Å². The van der Waals surface area contributed by atoms with Crippen LogP contribution in [0.3, 0.4) is 0 Å². The minimum absolute atomic E-state index is 0.173. The van der Waals surface area contributed by atoms with E-state index in [1.807, 2.05) is 44.2 Å². The number of anilines is 2. The Kier molecular flexibility index (Phi) is 6.72. The first-order valence-electron chi connectivity index (χ1n) is 11.8. The van der Waals surface area contributed by atoms with E-state index in [4.69, 9.17) is 21.9 Å². The molecule has 2 aliphatic rings. The zero-order valence-electron chi connectivity index (χ0n) is 20.4. The first kappa shape index (κ1) is 24.3. The molecule has 3 aromatic rings. The molecule has 0 unspecified atom stereocenters. The molecule has 2 aromatic heterocycles. The predicted octanol–water partition coefficient (Wildman–Crippen LogP) is 3.56. The van der Waals surface area contributed by atoms with Crippen LogP contribution in [0, 0.1) is 6.92 Å². The first-order chi connectivity index (χ1) is 17.4. The van der Waals surface area contributed by atoms with E-state index in [2.05, 4.69) is 15.9 Å². The lowest BCUT2D eigenvalue weighted by Gasteiger charge is -2.37. The lowest BCUT2D eigenvalue weighted by atomic mass is 10.2. The summed E-state index contributed by atoms with van der Waals surface area (Å²) >= 11 is 6.60. The third-order valence-corrected chi connectivity index (χ3v) is 7.91. The Morgan fingerprint density at radius 1 is 1.08 bits per heavy atom. The number of piperazine rings is 1. The summed E-state index contributed by atoms with van der Waals surface area (Å²) in [5.41, 5.74) is 2.77. The molecule has 8 nitrogen and oxygen atoms in total. The molecule has 4 heterocycles. The first-order valence-corrected chi connectivity index (χ1v) is 13.1. The van der Waals surface area contributed by atoms with Crippen molar-refractivity contribution in [1.82, 2.24) is 14.3 Å². The minimum atomic E-state index is -0.201. The Bertz CT molecular complexity index is 1440. The quantitative estimate of drug-likeness (QED) is 0.373. The number of thioether (sulfide) groups is 1. The van der Waals surface area contributed by atoms with Crippen molar-refractivity contribution < 1.29 is 9.53 Å². The fraction of sp³-hybridized carbons (Fsp3) is 0.308. The molecule has 5 rings (SSSR count). The molecule has 0 radical (unpaired) electrons. The van der Waals surface area contributed by atoms with Crippen LogP contribution >= 0.6 is 24.0 Å². The Labute approximate surface area is 219 Å². The number of benzene rings is 1. The number of methoxy groups -OCH3 is 1. The number of carbonyl (C=O) groups is 1. The van der Waals surface area contributed by atoms with E-state index in [-0.39, 0.29) is 11.5 Å². The van der Waals surface area contributed by atoms with Crippen molar-refractivity contribution in [2.45, 2.75) is 13.8 Å². The van der Waals surface area contributed by atoms with Gasteiger partial charge in [-0.3, -0.25) is 18.9 Å². The van der Waals surface area contributed by atoms with Crippen LogP contribution in [0.4, 0.5) is 11.5 Å². The second kappa shape index (κ2) is 9.94. The number of thiocarbonyl (C=S) groups is 1. The number of nitrogens with zero attached hydrogens (tertiary/aromatic N) is 5. The van der Waals surface area contributed by atoms with Crippen LogP contribution < -0.4 is 20.1 Å². The number of aromatic nitrogens is 2. The largest absolute Gasteiger partial charge is 0.495 e. The average molecular weight is 522 g/mol. The van der Waals surface area contributed by atoms with Gasteiger partial charge >= 0.3 is 0 Å². The molecule has 10 heteroatoms. The van der Waals surface area contributed by atoms with E-state index in [1.54, 1.807) is 28.7 Å². The Hall–Kier alpha value is -3.37. The lowest BCUT2D eigenvalue weighted by Crippen LogP contribution is -2.47. The van der Waals surface area contributed by atoms with E-state index in [0.29, 0.717) is 45.9 Å². The highest BCUT2D eigenvalue weighted by Crippen LogP contribution is 2.34. The van der Waals surface area contributed by atoms with Crippen molar-refractivity contribution in [2.24, 2.45) is 0 Å². The molecule has 186 valence electrons. The minimum Gasteiger partial charge on any atom is -0.495 e. The van der Waals surface area contributed by atoms with Gasteiger partial charge in [0.2, 0.25) is 0 Å². The molecule has 2 aliphatic heterocycles. The smallest absolute Gasteiger partial charge is 0.267 e. The standard InChI is InChI=1S/C26H27N5O3S2/c1-4-30-25(33)21(36-26(30)35)16-18-23(27-22-17(2)8-7-11-31(22)24(18)32)29-14-12-28(13-15-29)19-9-5-6-10-20(19)34-3/h5-11,16H,4,12-15H2,1-3H3. The van der Waals surface area contributed by atoms with Gasteiger partial charge in [-0.15, -0.1) is 0 Å². The van der Waals surface area contributed by atoms with E-state index in [1.165, 1.54) is 11.8 Å². The third-order valence-electron chi connectivity index (χ3n) is 6.53. The number of aryl methyl sites for hydroxylation is 1. The third kappa shape index (κ3) is 4.24. The van der Waals surface area contributed by atoms with Crippen molar-refractivity contribution in [3.63, 3.8) is 0 Å². The summed E-state index contributed by atoms with van der Waals surface area (Å²) < 4.78 is 7.61. The maximum absolute atomic E-state index is 13.7. The van der Waals surface area contributed by atoms with Crippen molar-refractivity contribution in [3.8, 4) is 5.75 Å². The van der Waals surface area contributed by atoms with E-state index in [0.717, 1.165) is 30.1 Å². The molecule has 36 heavy (non-hydrogen) atoms. The van der Waals surface area contributed by atoms with E-state index >= 15 is 0 Å². The maximum atomic E-state index is 13.7. The molecule has 0 N–H and O–H groups in total. The van der Waals surface area contributed by atoms with Crippen molar-refractivity contribution in [2.75, 3.05) is 49.6 Å². The monoisotopic (exact) mass is 521 g/mol. The number of hydrogen-bond donors (Lipinski definition) is 0. The summed E-state index contributed by atoms with van der Waals surface area (Å²) in [6, 6.07) is 11.7. The van der Waals surface area contributed by atoms with Crippen LogP contribution in [-0.4, -0.2) is 64.3 Å². The zero-order chi connectivity index (χ0) is 25.4. The number of ether oxygens (including phenoxy) is 1. The molecule has 0 aliphatic carbocycles. The lowest BCUT2D eigenvalue weighted by molar-refractivity contribution is -0.121. The summed E-state index contributed by atoms with van der Waals surface area (Å²) in [6.45, 7) is 7.15.